The second-order valence-electron chi connectivity index (χ2n) is 9.00. The molecule has 1 aromatic carbocycles. The first-order chi connectivity index (χ1) is 14.5. The van der Waals surface area contributed by atoms with Gasteiger partial charge in [-0.2, -0.15) is 0 Å². The highest BCUT2D eigenvalue weighted by Crippen LogP contribution is 2.22. The normalized spacial score (nSPS) is 18.2. The van der Waals surface area contributed by atoms with Gasteiger partial charge in [0, 0.05) is 5.69 Å². The van der Waals surface area contributed by atoms with E-state index in [9.17, 15) is 19.5 Å². The zero-order valence-corrected chi connectivity index (χ0v) is 19.2. The number of hydrogen-bond acceptors (Lipinski definition) is 5. The van der Waals surface area contributed by atoms with Gasteiger partial charge < -0.3 is 15.7 Å². The van der Waals surface area contributed by atoms with Crippen molar-refractivity contribution in [2.24, 2.45) is 16.8 Å². The van der Waals surface area contributed by atoms with E-state index in [2.05, 4.69) is 15.6 Å². The van der Waals surface area contributed by atoms with E-state index in [1.165, 1.54) is 4.90 Å². The lowest BCUT2D eigenvalue weighted by atomic mass is 9.99. The number of carbonyl (C=O) groups is 3. The van der Waals surface area contributed by atoms with Crippen LogP contribution in [0.5, 0.6) is 0 Å². The highest BCUT2D eigenvalue weighted by molar-refractivity contribution is 6.12. The number of guanidine groups is 1. The minimum atomic E-state index is -1.09. The molecule has 0 saturated heterocycles. The van der Waals surface area contributed by atoms with Gasteiger partial charge in [-0.05, 0) is 50.7 Å². The topological polar surface area (TPSA) is 111 Å². The summed E-state index contributed by atoms with van der Waals surface area (Å²) >= 11 is 0. The SMILES string of the molecule is Cc1ccc(NC2=N[C@@H](C)C(=O)N2[C@@H](CC(C)C)C(=O)N[C@@H](CC(C)C)C(=O)O)cc1. The average Bonchev–Trinajstić information content (AvgIpc) is 2.94. The lowest BCUT2D eigenvalue weighted by Crippen LogP contribution is -2.56. The number of carbonyl (C=O) groups excluding carboxylic acids is 2. The molecule has 170 valence electrons. The molecule has 1 aliphatic rings. The van der Waals surface area contributed by atoms with Crippen molar-refractivity contribution in [1.82, 2.24) is 10.2 Å². The summed E-state index contributed by atoms with van der Waals surface area (Å²) in [5, 5.41) is 15.3. The smallest absolute Gasteiger partial charge is 0.326 e. The molecule has 0 bridgehead atoms. The highest BCUT2D eigenvalue weighted by Gasteiger charge is 2.41. The van der Waals surface area contributed by atoms with E-state index >= 15 is 0 Å². The summed E-state index contributed by atoms with van der Waals surface area (Å²) < 4.78 is 0. The fourth-order valence-electron chi connectivity index (χ4n) is 3.50. The van der Waals surface area contributed by atoms with Gasteiger partial charge in [0.15, 0.2) is 0 Å². The Balaban J connectivity index is 2.31. The zero-order valence-electron chi connectivity index (χ0n) is 19.2. The first kappa shape index (κ1) is 24.4. The monoisotopic (exact) mass is 430 g/mol. The van der Waals surface area contributed by atoms with Gasteiger partial charge in [-0.25, -0.2) is 9.79 Å². The van der Waals surface area contributed by atoms with Gasteiger partial charge in [-0.3, -0.25) is 14.5 Å². The number of nitrogens with one attached hydrogen (secondary N) is 2. The van der Waals surface area contributed by atoms with Crippen LogP contribution in [0.15, 0.2) is 29.3 Å². The standard InChI is InChI=1S/C23H34N4O4/c1-13(2)11-18(22(30)31)26-20(28)19(12-14(3)4)27-21(29)16(6)24-23(27)25-17-9-7-15(5)8-10-17/h7-10,13-14,16,18-19H,11-12H2,1-6H3,(H,24,25)(H,26,28)(H,30,31)/t16-,18-,19-/m0/s1. The second kappa shape index (κ2) is 10.4. The van der Waals surface area contributed by atoms with Crippen molar-refractivity contribution >= 4 is 29.4 Å². The Labute approximate surface area is 184 Å². The van der Waals surface area contributed by atoms with Crippen LogP contribution < -0.4 is 10.6 Å². The summed E-state index contributed by atoms with van der Waals surface area (Å²) in [5.74, 6) is -1.35. The van der Waals surface area contributed by atoms with Crippen molar-refractivity contribution < 1.29 is 19.5 Å². The van der Waals surface area contributed by atoms with Crippen molar-refractivity contribution in [1.29, 1.82) is 0 Å². The number of rotatable bonds is 9. The maximum absolute atomic E-state index is 13.2. The number of benzene rings is 1. The van der Waals surface area contributed by atoms with Crippen LogP contribution in [0.3, 0.4) is 0 Å². The largest absolute Gasteiger partial charge is 0.480 e. The fourth-order valence-corrected chi connectivity index (χ4v) is 3.50. The third kappa shape index (κ3) is 6.54. The van der Waals surface area contributed by atoms with E-state index in [1.54, 1.807) is 6.92 Å². The van der Waals surface area contributed by atoms with Crippen LogP contribution in [0.2, 0.25) is 0 Å². The number of anilines is 1. The molecule has 2 amide bonds. The van der Waals surface area contributed by atoms with Gasteiger partial charge >= 0.3 is 5.97 Å². The van der Waals surface area contributed by atoms with E-state index in [0.29, 0.717) is 18.8 Å². The molecule has 0 saturated carbocycles. The predicted octanol–water partition coefficient (Wildman–Crippen LogP) is 3.02. The minimum absolute atomic E-state index is 0.0960. The van der Waals surface area contributed by atoms with Crippen LogP contribution in [0, 0.1) is 18.8 Å². The van der Waals surface area contributed by atoms with Crippen molar-refractivity contribution in [2.45, 2.75) is 72.5 Å². The molecule has 3 atom stereocenters. The number of nitrogens with zero attached hydrogens (tertiary/aromatic N) is 2. The molecule has 0 fully saturated rings. The van der Waals surface area contributed by atoms with Crippen molar-refractivity contribution in [3.05, 3.63) is 29.8 Å². The minimum Gasteiger partial charge on any atom is -0.480 e. The molecule has 1 heterocycles. The van der Waals surface area contributed by atoms with Gasteiger partial charge in [0.1, 0.15) is 18.1 Å². The molecule has 0 radical (unpaired) electrons. The zero-order chi connectivity index (χ0) is 23.3. The predicted molar refractivity (Wildman–Crippen MR) is 121 cm³/mol. The molecule has 2 rings (SSSR count). The van der Waals surface area contributed by atoms with E-state index in [0.717, 1.165) is 11.3 Å². The van der Waals surface area contributed by atoms with Crippen LogP contribution in [-0.2, 0) is 14.4 Å². The van der Waals surface area contributed by atoms with Crippen LogP contribution in [-0.4, -0.2) is 51.9 Å². The van der Waals surface area contributed by atoms with E-state index in [-0.39, 0.29) is 17.7 Å². The number of carboxylic acid groups (broad SMARTS) is 1. The summed E-state index contributed by atoms with van der Waals surface area (Å²) in [5.41, 5.74) is 1.85. The molecule has 0 unspecified atom stereocenters. The lowest BCUT2D eigenvalue weighted by molar-refractivity contribution is -0.143. The molecule has 8 nitrogen and oxygen atoms in total. The second-order valence-corrected chi connectivity index (χ2v) is 9.00. The molecule has 0 spiro atoms. The Hall–Kier alpha value is -2.90. The Bertz CT molecular complexity index is 832. The first-order valence-electron chi connectivity index (χ1n) is 10.8. The molecule has 1 aliphatic heterocycles. The number of amides is 2. The van der Waals surface area contributed by atoms with Crippen molar-refractivity contribution in [3.8, 4) is 0 Å². The van der Waals surface area contributed by atoms with Crippen molar-refractivity contribution in [2.75, 3.05) is 5.32 Å². The number of aliphatic carboxylic acids is 1. The fraction of sp³-hybridized carbons (Fsp3) is 0.565. The van der Waals surface area contributed by atoms with Crippen LogP contribution in [0.1, 0.15) is 53.0 Å². The summed E-state index contributed by atoms with van der Waals surface area (Å²) in [6.45, 7) is 11.4. The van der Waals surface area contributed by atoms with Gasteiger partial charge in [0.25, 0.3) is 5.91 Å². The quantitative estimate of drug-likeness (QED) is 0.558. The maximum atomic E-state index is 13.2. The summed E-state index contributed by atoms with van der Waals surface area (Å²) in [6.07, 6.45) is 0.690. The molecule has 1 aromatic rings. The molecular formula is C23H34N4O4. The summed E-state index contributed by atoms with van der Waals surface area (Å²) in [7, 11) is 0. The Morgan fingerprint density at radius 2 is 1.68 bits per heavy atom. The maximum Gasteiger partial charge on any atom is 0.326 e. The third-order valence-electron chi connectivity index (χ3n) is 5.08. The lowest BCUT2D eigenvalue weighted by Gasteiger charge is -2.31. The van der Waals surface area contributed by atoms with Crippen LogP contribution >= 0.6 is 0 Å². The van der Waals surface area contributed by atoms with Gasteiger partial charge in [-0.15, -0.1) is 0 Å². The number of aliphatic imine (C=N–C) groups is 1. The Kier molecular flexibility index (Phi) is 8.19. The van der Waals surface area contributed by atoms with Gasteiger partial charge in [-0.1, -0.05) is 45.4 Å². The summed E-state index contributed by atoms with van der Waals surface area (Å²) in [6, 6.07) is 5.14. The molecule has 8 heteroatoms. The summed E-state index contributed by atoms with van der Waals surface area (Å²) in [4.78, 5) is 43.6. The molecular weight excluding hydrogens is 396 g/mol. The van der Waals surface area contributed by atoms with Gasteiger partial charge in [0.05, 0.1) is 0 Å². The molecule has 0 aromatic heterocycles. The molecule has 0 aliphatic carbocycles. The highest BCUT2D eigenvalue weighted by atomic mass is 16.4. The van der Waals surface area contributed by atoms with Crippen LogP contribution in [0.4, 0.5) is 5.69 Å². The Morgan fingerprint density at radius 1 is 1.10 bits per heavy atom. The van der Waals surface area contributed by atoms with E-state index < -0.39 is 30.0 Å². The molecule has 3 N–H and O–H groups in total. The average molecular weight is 431 g/mol. The number of aryl methyl sites for hydroxylation is 1. The van der Waals surface area contributed by atoms with Crippen molar-refractivity contribution in [3.63, 3.8) is 0 Å². The third-order valence-corrected chi connectivity index (χ3v) is 5.08. The van der Waals surface area contributed by atoms with Crippen LogP contribution in [0.25, 0.3) is 0 Å². The number of hydrogen-bond donors (Lipinski definition) is 3. The van der Waals surface area contributed by atoms with Gasteiger partial charge in [0.2, 0.25) is 11.9 Å². The first-order valence-corrected chi connectivity index (χ1v) is 10.8. The van der Waals surface area contributed by atoms with E-state index in [1.807, 2.05) is 58.9 Å². The van der Waals surface area contributed by atoms with E-state index in [4.69, 9.17) is 0 Å². The number of carboxylic acids is 1. The molecule has 31 heavy (non-hydrogen) atoms. The Morgan fingerprint density at radius 3 is 2.19 bits per heavy atom.